The van der Waals surface area contributed by atoms with Crippen LogP contribution >= 0.6 is 11.3 Å². The fraction of sp³-hybridized carbons (Fsp3) is 0.200. The SMILES string of the molecule is OCCCC(Nc1nn2cc(-c3ccc(F)cc3)nc2s1)c1ccccc1. The number of anilines is 1. The fourth-order valence-electron chi connectivity index (χ4n) is 2.97. The molecule has 0 bridgehead atoms. The van der Waals surface area contributed by atoms with Crippen molar-refractivity contribution in [3.8, 4) is 11.3 Å². The van der Waals surface area contributed by atoms with Crippen molar-refractivity contribution in [1.29, 1.82) is 0 Å². The molecule has 0 saturated carbocycles. The van der Waals surface area contributed by atoms with Crippen molar-refractivity contribution in [3.63, 3.8) is 0 Å². The number of fused-ring (bicyclic) bond motifs is 1. The maximum absolute atomic E-state index is 13.1. The molecule has 4 rings (SSSR count). The van der Waals surface area contributed by atoms with Crippen LogP contribution in [0.15, 0.2) is 60.8 Å². The van der Waals surface area contributed by atoms with Gasteiger partial charge in [0, 0.05) is 12.2 Å². The molecule has 2 aromatic carbocycles. The predicted molar refractivity (Wildman–Crippen MR) is 105 cm³/mol. The third-order valence-electron chi connectivity index (χ3n) is 4.33. The molecule has 1 atom stereocenters. The largest absolute Gasteiger partial charge is 0.396 e. The second kappa shape index (κ2) is 7.85. The van der Waals surface area contributed by atoms with Gasteiger partial charge in [-0.15, -0.1) is 5.10 Å². The Morgan fingerprint density at radius 2 is 1.89 bits per heavy atom. The predicted octanol–water partition coefficient (Wildman–Crippen LogP) is 4.52. The monoisotopic (exact) mass is 382 g/mol. The topological polar surface area (TPSA) is 62.5 Å². The van der Waals surface area contributed by atoms with E-state index in [1.807, 2.05) is 24.4 Å². The van der Waals surface area contributed by atoms with Crippen LogP contribution < -0.4 is 5.32 Å². The Morgan fingerprint density at radius 1 is 1.11 bits per heavy atom. The molecule has 1 unspecified atom stereocenters. The first-order valence-corrected chi connectivity index (χ1v) is 9.59. The molecule has 2 aromatic heterocycles. The summed E-state index contributed by atoms with van der Waals surface area (Å²) in [4.78, 5) is 5.36. The smallest absolute Gasteiger partial charge is 0.214 e. The van der Waals surface area contributed by atoms with Crippen molar-refractivity contribution in [2.45, 2.75) is 18.9 Å². The number of nitrogens with one attached hydrogen (secondary N) is 1. The van der Waals surface area contributed by atoms with Crippen LogP contribution in [0.2, 0.25) is 0 Å². The minimum atomic E-state index is -0.265. The van der Waals surface area contributed by atoms with E-state index in [9.17, 15) is 9.50 Å². The number of nitrogens with zero attached hydrogens (tertiary/aromatic N) is 3. The highest BCUT2D eigenvalue weighted by atomic mass is 32.1. The number of rotatable bonds is 7. The van der Waals surface area contributed by atoms with Crippen LogP contribution in [-0.2, 0) is 0 Å². The summed E-state index contributed by atoms with van der Waals surface area (Å²) in [5, 5.41) is 18.0. The molecule has 0 spiro atoms. The molecule has 0 saturated heterocycles. The Hall–Kier alpha value is -2.77. The first kappa shape index (κ1) is 17.6. The summed E-state index contributed by atoms with van der Waals surface area (Å²) in [6.07, 6.45) is 3.36. The van der Waals surface area contributed by atoms with Gasteiger partial charge in [0.15, 0.2) is 0 Å². The van der Waals surface area contributed by atoms with Gasteiger partial charge in [-0.1, -0.05) is 41.7 Å². The molecule has 0 fully saturated rings. The third kappa shape index (κ3) is 3.99. The summed E-state index contributed by atoms with van der Waals surface area (Å²) >= 11 is 1.47. The number of hydrogen-bond donors (Lipinski definition) is 2. The lowest BCUT2D eigenvalue weighted by molar-refractivity contribution is 0.281. The highest BCUT2D eigenvalue weighted by Crippen LogP contribution is 2.29. The lowest BCUT2D eigenvalue weighted by Gasteiger charge is -2.17. The average molecular weight is 382 g/mol. The number of hydrogen-bond acceptors (Lipinski definition) is 5. The average Bonchev–Trinajstić information content (AvgIpc) is 3.25. The number of imidazole rings is 1. The van der Waals surface area contributed by atoms with Crippen LogP contribution in [0.5, 0.6) is 0 Å². The fourth-order valence-corrected chi connectivity index (χ4v) is 3.80. The molecule has 138 valence electrons. The molecular weight excluding hydrogens is 363 g/mol. The van der Waals surface area contributed by atoms with Gasteiger partial charge in [-0.05, 0) is 42.7 Å². The van der Waals surface area contributed by atoms with Gasteiger partial charge in [0.2, 0.25) is 10.1 Å². The first-order chi connectivity index (χ1) is 13.2. The van der Waals surface area contributed by atoms with Crippen molar-refractivity contribution in [3.05, 3.63) is 72.2 Å². The summed E-state index contributed by atoms with van der Waals surface area (Å²) in [6, 6.07) is 16.5. The molecule has 4 aromatic rings. The Morgan fingerprint density at radius 3 is 2.59 bits per heavy atom. The zero-order valence-corrected chi connectivity index (χ0v) is 15.4. The van der Waals surface area contributed by atoms with Crippen molar-refractivity contribution >= 4 is 21.4 Å². The van der Waals surface area contributed by atoms with Crippen molar-refractivity contribution < 1.29 is 9.50 Å². The van der Waals surface area contributed by atoms with Crippen LogP contribution in [0.4, 0.5) is 9.52 Å². The molecular formula is C20H19FN4OS. The summed E-state index contributed by atoms with van der Waals surface area (Å²) in [6.45, 7) is 0.160. The van der Waals surface area contributed by atoms with Crippen molar-refractivity contribution in [1.82, 2.24) is 14.6 Å². The standard InChI is InChI=1S/C20H19FN4OS/c21-16-10-8-15(9-11-16)18-13-25-20(23-18)27-19(24-25)22-17(7-4-12-26)14-5-2-1-3-6-14/h1-3,5-6,8-11,13,17,26H,4,7,12H2,(H,22,24). The summed E-state index contributed by atoms with van der Waals surface area (Å²) in [5.74, 6) is -0.265. The summed E-state index contributed by atoms with van der Waals surface area (Å²) in [5.41, 5.74) is 2.78. The van der Waals surface area contributed by atoms with Gasteiger partial charge < -0.3 is 10.4 Å². The van der Waals surface area contributed by atoms with E-state index < -0.39 is 0 Å². The van der Waals surface area contributed by atoms with Gasteiger partial charge in [0.05, 0.1) is 17.9 Å². The summed E-state index contributed by atoms with van der Waals surface area (Å²) in [7, 11) is 0. The summed E-state index contributed by atoms with van der Waals surface area (Å²) < 4.78 is 14.8. The number of benzene rings is 2. The molecule has 7 heteroatoms. The molecule has 0 amide bonds. The molecule has 2 heterocycles. The molecule has 0 aliphatic heterocycles. The zero-order chi connectivity index (χ0) is 18.6. The zero-order valence-electron chi connectivity index (χ0n) is 14.5. The minimum Gasteiger partial charge on any atom is -0.396 e. The van der Waals surface area contributed by atoms with E-state index in [4.69, 9.17) is 0 Å². The number of aliphatic hydroxyl groups excluding tert-OH is 1. The van der Waals surface area contributed by atoms with E-state index in [2.05, 4.69) is 27.5 Å². The highest BCUT2D eigenvalue weighted by molar-refractivity contribution is 7.20. The van der Waals surface area contributed by atoms with E-state index in [1.54, 1.807) is 16.6 Å². The molecule has 2 N–H and O–H groups in total. The van der Waals surface area contributed by atoms with Gasteiger partial charge in [-0.3, -0.25) is 0 Å². The Balaban J connectivity index is 1.56. The van der Waals surface area contributed by atoms with Gasteiger partial charge in [-0.25, -0.2) is 13.9 Å². The van der Waals surface area contributed by atoms with E-state index >= 15 is 0 Å². The van der Waals surface area contributed by atoms with Gasteiger partial charge >= 0.3 is 0 Å². The highest BCUT2D eigenvalue weighted by Gasteiger charge is 2.15. The molecule has 0 aliphatic carbocycles. The quantitative estimate of drug-likeness (QED) is 0.493. The van der Waals surface area contributed by atoms with Gasteiger partial charge in [-0.2, -0.15) is 0 Å². The molecule has 0 aliphatic rings. The van der Waals surface area contributed by atoms with Crippen LogP contribution in [0, 0.1) is 5.82 Å². The number of aliphatic hydroxyl groups is 1. The van der Waals surface area contributed by atoms with Gasteiger partial charge in [0.25, 0.3) is 0 Å². The van der Waals surface area contributed by atoms with Crippen LogP contribution in [0.3, 0.4) is 0 Å². The molecule has 0 radical (unpaired) electrons. The number of aromatic nitrogens is 3. The van der Waals surface area contributed by atoms with Crippen molar-refractivity contribution in [2.24, 2.45) is 0 Å². The van der Waals surface area contributed by atoms with Gasteiger partial charge in [0.1, 0.15) is 5.82 Å². The third-order valence-corrected chi connectivity index (χ3v) is 5.19. The lowest BCUT2D eigenvalue weighted by Crippen LogP contribution is -2.11. The first-order valence-electron chi connectivity index (χ1n) is 8.77. The normalized spacial score (nSPS) is 12.4. The minimum absolute atomic E-state index is 0.0748. The Kier molecular flexibility index (Phi) is 5.13. The second-order valence-corrected chi connectivity index (χ2v) is 7.20. The molecule has 5 nitrogen and oxygen atoms in total. The van der Waals surface area contributed by atoms with Crippen LogP contribution in [0.1, 0.15) is 24.4 Å². The van der Waals surface area contributed by atoms with Crippen molar-refractivity contribution in [2.75, 3.05) is 11.9 Å². The Labute approximate surface area is 160 Å². The van der Waals surface area contributed by atoms with E-state index in [0.717, 1.165) is 33.3 Å². The Bertz CT molecular complexity index is 982. The lowest BCUT2D eigenvalue weighted by atomic mass is 10.0. The maximum Gasteiger partial charge on any atom is 0.214 e. The van der Waals surface area contributed by atoms with E-state index in [1.165, 1.54) is 23.5 Å². The van der Waals surface area contributed by atoms with Crippen LogP contribution in [0.25, 0.3) is 16.2 Å². The van der Waals surface area contributed by atoms with Crippen LogP contribution in [-0.4, -0.2) is 26.3 Å². The van der Waals surface area contributed by atoms with E-state index in [-0.39, 0.29) is 18.5 Å². The molecule has 27 heavy (non-hydrogen) atoms. The maximum atomic E-state index is 13.1. The second-order valence-electron chi connectivity index (χ2n) is 6.24. The number of halogens is 1. The van der Waals surface area contributed by atoms with E-state index in [0.29, 0.717) is 6.42 Å².